The second kappa shape index (κ2) is 5.15. The van der Waals surface area contributed by atoms with Crippen LogP contribution in [0.5, 0.6) is 0 Å². The van der Waals surface area contributed by atoms with Crippen LogP contribution in [0.4, 0.5) is 0 Å². The number of ketones is 1. The van der Waals surface area contributed by atoms with Gasteiger partial charge in [0.25, 0.3) is 0 Å². The number of rotatable bonds is 5. The van der Waals surface area contributed by atoms with E-state index < -0.39 is 16.8 Å². The molecule has 1 saturated heterocycles. The van der Waals surface area contributed by atoms with Crippen molar-refractivity contribution in [3.05, 3.63) is 0 Å². The van der Waals surface area contributed by atoms with Gasteiger partial charge in [0.05, 0.1) is 17.1 Å². The number of carbonyl (C=O) groups excluding carboxylic acids is 1. The molecular weight excluding hydrogens is 242 g/mol. The molecule has 1 aliphatic rings. The van der Waals surface area contributed by atoms with Crippen LogP contribution in [0.2, 0.25) is 0 Å². The minimum absolute atomic E-state index is 0.148. The third-order valence-corrected chi connectivity index (χ3v) is 3.77. The minimum Gasteiger partial charge on any atom is -0.389 e. The predicted molar refractivity (Wildman–Crippen MR) is 76.2 cm³/mol. The van der Waals surface area contributed by atoms with Gasteiger partial charge in [-0.3, -0.25) is 9.69 Å². The Hall–Kier alpha value is -0.450. The molecular formula is C15H29NO3. The van der Waals surface area contributed by atoms with Gasteiger partial charge in [-0.25, -0.2) is 0 Å². The molecule has 0 bridgehead atoms. The third-order valence-electron chi connectivity index (χ3n) is 3.77. The van der Waals surface area contributed by atoms with Gasteiger partial charge < -0.3 is 9.84 Å². The highest BCUT2D eigenvalue weighted by molar-refractivity contribution is 5.91. The van der Waals surface area contributed by atoms with E-state index in [1.165, 1.54) is 0 Å². The monoisotopic (exact) mass is 271 g/mol. The summed E-state index contributed by atoms with van der Waals surface area (Å²) < 4.78 is 5.90. The zero-order valence-electron chi connectivity index (χ0n) is 13.4. The lowest BCUT2D eigenvalue weighted by atomic mass is 9.85. The Morgan fingerprint density at radius 1 is 1.32 bits per heavy atom. The molecule has 19 heavy (non-hydrogen) atoms. The Balaban J connectivity index is 2.82. The van der Waals surface area contributed by atoms with Crippen LogP contribution >= 0.6 is 0 Å². The smallest absolute Gasteiger partial charge is 0.171 e. The fourth-order valence-corrected chi connectivity index (χ4v) is 2.93. The molecule has 1 fully saturated rings. The van der Waals surface area contributed by atoms with Crippen molar-refractivity contribution in [3.63, 3.8) is 0 Å². The fraction of sp³-hybridized carbons (Fsp3) is 0.933. The number of likely N-dealkylation sites (N-methyl/N-ethyl adjacent to an activating group) is 1. The lowest BCUT2D eigenvalue weighted by Gasteiger charge is -2.33. The summed E-state index contributed by atoms with van der Waals surface area (Å²) in [5.74, 6) is 0.0106. The van der Waals surface area contributed by atoms with E-state index in [4.69, 9.17) is 4.74 Å². The summed E-state index contributed by atoms with van der Waals surface area (Å²) in [7, 11) is 0. The summed E-state index contributed by atoms with van der Waals surface area (Å²) in [6, 6.07) is 0. The number of ether oxygens (including phenoxy) is 1. The van der Waals surface area contributed by atoms with Crippen LogP contribution in [0.25, 0.3) is 0 Å². The van der Waals surface area contributed by atoms with Crippen LogP contribution < -0.4 is 0 Å². The lowest BCUT2D eigenvalue weighted by molar-refractivity contribution is -0.132. The van der Waals surface area contributed by atoms with Crippen LogP contribution in [-0.2, 0) is 9.53 Å². The number of aliphatic hydroxyl groups is 1. The highest BCUT2D eigenvalue weighted by Crippen LogP contribution is 2.39. The number of Topliss-reactive ketones (excluding diaryl/α,β-unsaturated/α-hetero) is 1. The topological polar surface area (TPSA) is 49.8 Å². The maximum absolute atomic E-state index is 12.4. The Bertz CT molecular complexity index is 342. The van der Waals surface area contributed by atoms with Crippen molar-refractivity contribution in [1.29, 1.82) is 0 Å². The van der Waals surface area contributed by atoms with E-state index in [2.05, 4.69) is 4.90 Å². The largest absolute Gasteiger partial charge is 0.389 e. The molecule has 4 heteroatoms. The molecule has 0 aliphatic carbocycles. The van der Waals surface area contributed by atoms with Crippen LogP contribution in [-0.4, -0.2) is 52.2 Å². The first-order chi connectivity index (χ1) is 8.39. The summed E-state index contributed by atoms with van der Waals surface area (Å²) in [6.45, 7) is 15.3. The first kappa shape index (κ1) is 16.6. The molecule has 0 amide bonds. The molecule has 0 radical (unpaired) electrons. The molecule has 1 unspecified atom stereocenters. The predicted octanol–water partition coefficient (Wildman–Crippen LogP) is 1.85. The molecule has 4 nitrogen and oxygen atoms in total. The number of hydrogen-bond acceptors (Lipinski definition) is 4. The summed E-state index contributed by atoms with van der Waals surface area (Å²) in [5.41, 5.74) is -1.91. The fourth-order valence-electron chi connectivity index (χ4n) is 2.93. The van der Waals surface area contributed by atoms with Crippen molar-refractivity contribution in [2.24, 2.45) is 5.92 Å². The van der Waals surface area contributed by atoms with Gasteiger partial charge in [0.1, 0.15) is 5.60 Å². The molecule has 1 rings (SSSR count). The summed E-state index contributed by atoms with van der Waals surface area (Å²) in [6.07, 6.45) is 0. The van der Waals surface area contributed by atoms with Crippen molar-refractivity contribution in [2.45, 2.75) is 65.3 Å². The Labute approximate surface area is 117 Å². The Morgan fingerprint density at radius 2 is 1.84 bits per heavy atom. The zero-order valence-corrected chi connectivity index (χ0v) is 13.4. The van der Waals surface area contributed by atoms with E-state index in [-0.39, 0.29) is 11.7 Å². The molecule has 0 aromatic heterocycles. The second-order valence-corrected chi connectivity index (χ2v) is 7.27. The highest BCUT2D eigenvalue weighted by atomic mass is 16.5. The van der Waals surface area contributed by atoms with Crippen molar-refractivity contribution in [1.82, 2.24) is 4.90 Å². The SMILES string of the molecule is CCN(CC1C(=O)C(C)(C)OC1(C)C)CC(C)(C)O. The van der Waals surface area contributed by atoms with E-state index in [1.54, 1.807) is 13.8 Å². The maximum atomic E-state index is 12.4. The summed E-state index contributed by atoms with van der Waals surface area (Å²) in [5, 5.41) is 9.93. The molecule has 1 N–H and O–H groups in total. The number of carbonyl (C=O) groups is 1. The molecule has 1 aliphatic heterocycles. The van der Waals surface area contributed by atoms with Crippen LogP contribution in [0, 0.1) is 5.92 Å². The van der Waals surface area contributed by atoms with Gasteiger partial charge in [-0.15, -0.1) is 0 Å². The van der Waals surface area contributed by atoms with E-state index in [9.17, 15) is 9.90 Å². The van der Waals surface area contributed by atoms with E-state index in [1.807, 2.05) is 34.6 Å². The average Bonchev–Trinajstić information content (AvgIpc) is 2.33. The van der Waals surface area contributed by atoms with E-state index >= 15 is 0 Å². The first-order valence-electron chi connectivity index (χ1n) is 7.08. The van der Waals surface area contributed by atoms with Gasteiger partial charge in [0, 0.05) is 13.1 Å². The quantitative estimate of drug-likeness (QED) is 0.829. The maximum Gasteiger partial charge on any atom is 0.171 e. The van der Waals surface area contributed by atoms with Crippen molar-refractivity contribution < 1.29 is 14.6 Å². The van der Waals surface area contributed by atoms with Gasteiger partial charge in [0.15, 0.2) is 5.78 Å². The van der Waals surface area contributed by atoms with Gasteiger partial charge in [-0.2, -0.15) is 0 Å². The van der Waals surface area contributed by atoms with Crippen molar-refractivity contribution in [3.8, 4) is 0 Å². The molecule has 0 saturated carbocycles. The number of hydrogen-bond donors (Lipinski definition) is 1. The van der Waals surface area contributed by atoms with Gasteiger partial charge in [-0.1, -0.05) is 6.92 Å². The molecule has 1 heterocycles. The van der Waals surface area contributed by atoms with Crippen LogP contribution in [0.1, 0.15) is 48.5 Å². The second-order valence-electron chi connectivity index (χ2n) is 7.27. The Morgan fingerprint density at radius 3 is 2.16 bits per heavy atom. The van der Waals surface area contributed by atoms with Crippen LogP contribution in [0.3, 0.4) is 0 Å². The van der Waals surface area contributed by atoms with Gasteiger partial charge >= 0.3 is 0 Å². The Kier molecular flexibility index (Phi) is 4.50. The highest BCUT2D eigenvalue weighted by Gasteiger charge is 2.53. The molecule has 1 atom stereocenters. The summed E-state index contributed by atoms with van der Waals surface area (Å²) >= 11 is 0. The van der Waals surface area contributed by atoms with E-state index in [0.29, 0.717) is 13.1 Å². The van der Waals surface area contributed by atoms with Crippen molar-refractivity contribution >= 4 is 5.78 Å². The first-order valence-corrected chi connectivity index (χ1v) is 7.08. The van der Waals surface area contributed by atoms with Gasteiger partial charge in [0.2, 0.25) is 0 Å². The average molecular weight is 271 g/mol. The molecule has 112 valence electrons. The molecule has 0 aromatic rings. The third kappa shape index (κ3) is 4.01. The van der Waals surface area contributed by atoms with Crippen molar-refractivity contribution in [2.75, 3.05) is 19.6 Å². The molecule has 0 spiro atoms. The molecule has 0 aromatic carbocycles. The minimum atomic E-state index is -0.752. The number of nitrogens with zero attached hydrogens (tertiary/aromatic N) is 1. The standard InChI is InChI=1S/C15H29NO3/c1-8-16(10-13(2,3)18)9-11-12(17)15(6,7)19-14(11,4)5/h11,18H,8-10H2,1-7H3. The zero-order chi connectivity index (χ0) is 15.1. The normalized spacial score (nSPS) is 26.2. The lowest BCUT2D eigenvalue weighted by Crippen LogP contribution is -2.46. The van der Waals surface area contributed by atoms with E-state index in [0.717, 1.165) is 6.54 Å². The van der Waals surface area contributed by atoms with Crippen LogP contribution in [0.15, 0.2) is 0 Å². The van der Waals surface area contributed by atoms with Gasteiger partial charge in [-0.05, 0) is 48.1 Å². The summed E-state index contributed by atoms with van der Waals surface area (Å²) in [4.78, 5) is 14.6.